The van der Waals surface area contributed by atoms with Crippen LogP contribution in [0.15, 0.2) is 97.1 Å². The Morgan fingerprint density at radius 2 is 0.942 bits per heavy atom. The largest absolute Gasteiger partial charge is 0.378 e. The van der Waals surface area contributed by atoms with Crippen LogP contribution in [0.2, 0.25) is 0 Å². The molecule has 262 valence electrons. The summed E-state index contributed by atoms with van der Waals surface area (Å²) in [5.41, 5.74) is 5.94. The van der Waals surface area contributed by atoms with Gasteiger partial charge in [-0.1, -0.05) is 123 Å². The topological polar surface area (TPSA) is 24.9 Å². The molecule has 2 fully saturated rings. The van der Waals surface area contributed by atoms with E-state index in [1.165, 1.54) is 43.8 Å². The second kappa shape index (κ2) is 13.9. The van der Waals surface area contributed by atoms with E-state index in [1.54, 1.807) is 0 Å². The van der Waals surface area contributed by atoms with Gasteiger partial charge in [-0.2, -0.15) is 0 Å². The van der Waals surface area contributed by atoms with Gasteiger partial charge in [0.05, 0.1) is 38.5 Å². The van der Waals surface area contributed by atoms with Crippen molar-refractivity contribution in [1.82, 2.24) is 9.80 Å². The number of rotatable bonds is 10. The number of fused-ring (bicyclic) bond motifs is 8. The molecule has 0 saturated carbocycles. The second-order valence-corrected chi connectivity index (χ2v) is 15.1. The molecule has 4 unspecified atom stereocenters. The maximum absolute atomic E-state index is 6.43. The highest BCUT2D eigenvalue weighted by atomic mass is 16.5. The van der Waals surface area contributed by atoms with Gasteiger partial charge >= 0.3 is 0 Å². The molecule has 0 radical (unpaired) electrons. The van der Waals surface area contributed by atoms with Crippen molar-refractivity contribution in [1.29, 1.82) is 0 Å². The molecule has 4 bridgehead atoms. The summed E-state index contributed by atoms with van der Waals surface area (Å²) in [4.78, 5) is 5.36. The molecule has 0 N–H and O–H groups in total. The molecule has 4 heteroatoms. The van der Waals surface area contributed by atoms with Crippen LogP contribution in [0, 0.1) is 23.7 Å². The van der Waals surface area contributed by atoms with Crippen LogP contribution < -0.4 is 0 Å². The van der Waals surface area contributed by atoms with Crippen LogP contribution >= 0.6 is 0 Å². The van der Waals surface area contributed by atoms with Gasteiger partial charge in [-0.25, -0.2) is 0 Å². The first-order valence-corrected chi connectivity index (χ1v) is 19.5. The molecule has 4 nitrogen and oxygen atoms in total. The first-order chi connectivity index (χ1) is 25.7. The van der Waals surface area contributed by atoms with E-state index in [4.69, 9.17) is 9.47 Å². The number of hydrogen-bond donors (Lipinski definition) is 0. The van der Waals surface area contributed by atoms with Gasteiger partial charge in [0, 0.05) is 24.2 Å². The van der Waals surface area contributed by atoms with E-state index in [0.717, 1.165) is 76.2 Å². The van der Waals surface area contributed by atoms with Gasteiger partial charge in [0.25, 0.3) is 0 Å². The lowest BCUT2D eigenvalue weighted by atomic mass is 9.62. The lowest BCUT2D eigenvalue weighted by Gasteiger charge is -2.48. The van der Waals surface area contributed by atoms with Crippen LogP contribution in [0.25, 0.3) is 21.5 Å². The van der Waals surface area contributed by atoms with E-state index in [1.807, 2.05) is 0 Å². The van der Waals surface area contributed by atoms with Crippen molar-refractivity contribution in [2.45, 2.75) is 62.4 Å². The first-order valence-electron chi connectivity index (χ1n) is 19.5. The Balaban J connectivity index is 1.39. The van der Waals surface area contributed by atoms with E-state index in [2.05, 4.69) is 144 Å². The third kappa shape index (κ3) is 5.23. The SMILES string of the molecule is CCCCN1CCOCC1C1(c2c3ccccc3c(C3(C4COCCN4CCCC)C#Cc4ccc3cc4)c3ccccc23)C#Cc2ccc1cc2. The van der Waals surface area contributed by atoms with Gasteiger partial charge < -0.3 is 9.47 Å². The number of unbranched alkanes of at least 4 members (excludes halogenated alkanes) is 2. The molecular formula is C48H48N2O2. The number of hydrogen-bond acceptors (Lipinski definition) is 4. The summed E-state index contributed by atoms with van der Waals surface area (Å²) in [6.45, 7) is 11.2. The zero-order chi connectivity index (χ0) is 35.1. The fraction of sp³-hybridized carbons (Fsp3) is 0.375. The summed E-state index contributed by atoms with van der Waals surface area (Å²) in [6.07, 6.45) is 4.61. The van der Waals surface area contributed by atoms with Crippen molar-refractivity contribution in [3.63, 3.8) is 0 Å². The first kappa shape index (κ1) is 33.4. The number of benzene rings is 5. The summed E-state index contributed by atoms with van der Waals surface area (Å²) in [5, 5.41) is 4.98. The average Bonchev–Trinajstić information content (AvgIpc) is 3.66. The van der Waals surface area contributed by atoms with E-state index in [0.29, 0.717) is 13.2 Å². The van der Waals surface area contributed by atoms with Crippen molar-refractivity contribution in [2.24, 2.45) is 0 Å². The van der Waals surface area contributed by atoms with Gasteiger partial charge in [0.1, 0.15) is 10.8 Å². The summed E-state index contributed by atoms with van der Waals surface area (Å²) >= 11 is 0. The van der Waals surface area contributed by atoms with E-state index < -0.39 is 10.8 Å². The van der Waals surface area contributed by atoms with Crippen LogP contribution in [-0.4, -0.2) is 74.5 Å². The lowest BCUT2D eigenvalue weighted by molar-refractivity contribution is -0.0233. The summed E-state index contributed by atoms with van der Waals surface area (Å²) < 4.78 is 12.9. The molecule has 4 aliphatic carbocycles. The molecule has 0 amide bonds. The zero-order valence-corrected chi connectivity index (χ0v) is 30.6. The van der Waals surface area contributed by atoms with E-state index in [9.17, 15) is 0 Å². The normalized spacial score (nSPS) is 25.3. The smallest absolute Gasteiger partial charge is 0.100 e. The molecule has 0 spiro atoms. The third-order valence-electron chi connectivity index (χ3n) is 12.3. The highest BCUT2D eigenvalue weighted by Crippen LogP contribution is 2.52. The Bertz CT molecular complexity index is 2020. The second-order valence-electron chi connectivity index (χ2n) is 15.1. The Morgan fingerprint density at radius 1 is 0.558 bits per heavy atom. The van der Waals surface area contributed by atoms with Crippen LogP contribution in [0.1, 0.15) is 72.9 Å². The van der Waals surface area contributed by atoms with Crippen LogP contribution in [-0.2, 0) is 20.3 Å². The Labute approximate surface area is 309 Å². The molecular weight excluding hydrogens is 637 g/mol. The van der Waals surface area contributed by atoms with Crippen LogP contribution in [0.4, 0.5) is 0 Å². The molecule has 2 heterocycles. The molecule has 4 atom stereocenters. The summed E-state index contributed by atoms with van der Waals surface area (Å²) in [7, 11) is 0. The maximum Gasteiger partial charge on any atom is 0.100 e. The number of morpholine rings is 2. The minimum absolute atomic E-state index is 0.0508. The predicted octanol–water partition coefficient (Wildman–Crippen LogP) is 8.30. The van der Waals surface area contributed by atoms with Crippen LogP contribution in [0.5, 0.6) is 0 Å². The Kier molecular flexibility index (Phi) is 8.90. The standard InChI is InChI=1S/C48H48N2O2/c1-3-5-27-49-29-31-51-33-43(49)47(25-23-35-15-19-37(47)20-16-35)45-39-11-7-9-13-41(39)46(42-14-10-8-12-40(42)45)48(26-24-36-17-21-38(48)22-18-36)44-34-52-32-30-50(44)28-6-4-2/h7-22,43-44H,3-6,27-34H2,1-2H3. The zero-order valence-electron chi connectivity index (χ0n) is 30.6. The highest BCUT2D eigenvalue weighted by Gasteiger charge is 2.51. The monoisotopic (exact) mass is 684 g/mol. The highest BCUT2D eigenvalue weighted by molar-refractivity contribution is 6.09. The summed E-state index contributed by atoms with van der Waals surface area (Å²) in [6, 6.07) is 36.5. The maximum atomic E-state index is 6.43. The fourth-order valence-corrected chi connectivity index (χ4v) is 9.73. The molecule has 0 aromatic heterocycles. The van der Waals surface area contributed by atoms with Crippen molar-refractivity contribution < 1.29 is 9.47 Å². The third-order valence-corrected chi connectivity index (χ3v) is 12.3. The van der Waals surface area contributed by atoms with E-state index in [-0.39, 0.29) is 12.1 Å². The van der Waals surface area contributed by atoms with Crippen molar-refractivity contribution in [3.8, 4) is 23.7 Å². The fourth-order valence-electron chi connectivity index (χ4n) is 9.73. The predicted molar refractivity (Wildman–Crippen MR) is 212 cm³/mol. The molecule has 5 aromatic rings. The molecule has 52 heavy (non-hydrogen) atoms. The van der Waals surface area contributed by atoms with Gasteiger partial charge in [0.15, 0.2) is 0 Å². The van der Waals surface area contributed by atoms with Crippen molar-refractivity contribution >= 4 is 21.5 Å². The number of nitrogens with zero attached hydrogens (tertiary/aromatic N) is 2. The van der Waals surface area contributed by atoms with Gasteiger partial charge in [0.2, 0.25) is 0 Å². The van der Waals surface area contributed by atoms with Crippen LogP contribution in [0.3, 0.4) is 0 Å². The van der Waals surface area contributed by atoms with Crippen molar-refractivity contribution in [3.05, 3.63) is 130 Å². The molecule has 2 aliphatic heterocycles. The quantitative estimate of drug-likeness (QED) is 0.109. The molecule has 11 rings (SSSR count). The molecule has 2 saturated heterocycles. The average molecular weight is 685 g/mol. The van der Waals surface area contributed by atoms with Gasteiger partial charge in [-0.05, 0) is 94.0 Å². The summed E-state index contributed by atoms with van der Waals surface area (Å²) in [5.74, 6) is 15.4. The minimum atomic E-state index is -0.623. The van der Waals surface area contributed by atoms with E-state index >= 15 is 0 Å². The number of ether oxygens (including phenoxy) is 2. The van der Waals surface area contributed by atoms with Crippen molar-refractivity contribution in [2.75, 3.05) is 52.6 Å². The molecule has 5 aromatic carbocycles. The van der Waals surface area contributed by atoms with Gasteiger partial charge in [-0.3, -0.25) is 9.80 Å². The Hall–Kier alpha value is -4.42. The van der Waals surface area contributed by atoms with Gasteiger partial charge in [-0.15, -0.1) is 0 Å². The minimum Gasteiger partial charge on any atom is -0.378 e. The lowest BCUT2D eigenvalue weighted by Crippen LogP contribution is -2.58. The Morgan fingerprint density at radius 3 is 1.31 bits per heavy atom. The molecule has 6 aliphatic rings.